The van der Waals surface area contributed by atoms with Gasteiger partial charge in [-0.25, -0.2) is 0 Å². The quantitative estimate of drug-likeness (QED) is 0.678. The van der Waals surface area contributed by atoms with E-state index in [-0.39, 0.29) is 0 Å². The predicted molar refractivity (Wildman–Crippen MR) is 101 cm³/mol. The second-order valence-corrected chi connectivity index (χ2v) is 20.1. The molecule has 1 aliphatic rings. The molecule has 3 nitrogen and oxygen atoms in total. The molecular weight excluding hydrogens is 405 g/mol. The van der Waals surface area contributed by atoms with E-state index in [0.29, 0.717) is 3.80 Å². The zero-order valence-electron chi connectivity index (χ0n) is 14.5. The van der Waals surface area contributed by atoms with Gasteiger partial charge in [-0.05, 0) is 0 Å². The topological polar surface area (TPSA) is 29.5 Å². The second-order valence-electron chi connectivity index (χ2n) is 7.02. The molecule has 0 aliphatic carbocycles. The van der Waals surface area contributed by atoms with Gasteiger partial charge < -0.3 is 0 Å². The van der Waals surface area contributed by atoms with Gasteiger partial charge in [0.15, 0.2) is 0 Å². The van der Waals surface area contributed by atoms with E-state index in [9.17, 15) is 4.79 Å². The summed E-state index contributed by atoms with van der Waals surface area (Å²) < 4.78 is 6.76. The van der Waals surface area contributed by atoms with E-state index in [1.54, 1.807) is 0 Å². The molecule has 1 fully saturated rings. The molecule has 0 amide bonds. The summed E-state index contributed by atoms with van der Waals surface area (Å²) in [6, 6.07) is 18.6. The average Bonchev–Trinajstić information content (AvgIpc) is 2.62. The molecular formula is C20H25NO2Sn. The van der Waals surface area contributed by atoms with E-state index in [1.165, 1.54) is 11.3 Å². The minimum atomic E-state index is -2.84. The van der Waals surface area contributed by atoms with Crippen molar-refractivity contribution >= 4 is 27.9 Å². The van der Waals surface area contributed by atoms with Gasteiger partial charge in [-0.15, -0.1) is 0 Å². The van der Waals surface area contributed by atoms with Gasteiger partial charge in [-0.1, -0.05) is 0 Å². The van der Waals surface area contributed by atoms with Crippen molar-refractivity contribution in [3.8, 4) is 0 Å². The molecule has 1 heterocycles. The van der Waals surface area contributed by atoms with Crippen LogP contribution in [0.25, 0.3) is 0 Å². The first-order chi connectivity index (χ1) is 11.6. The third-order valence-electron chi connectivity index (χ3n) is 4.61. The maximum atomic E-state index is 13.0. The molecule has 126 valence electrons. The Kier molecular flexibility index (Phi) is 5.61. The van der Waals surface area contributed by atoms with Crippen LogP contribution >= 0.6 is 0 Å². The number of morpholine rings is 1. The molecule has 1 saturated heterocycles. The summed E-state index contributed by atoms with van der Waals surface area (Å²) in [4.78, 5) is 19.8. The Labute approximate surface area is 148 Å². The van der Waals surface area contributed by atoms with Crippen LogP contribution < -0.4 is 4.90 Å². The van der Waals surface area contributed by atoms with Crippen molar-refractivity contribution in [1.29, 1.82) is 0 Å². The van der Waals surface area contributed by atoms with E-state index >= 15 is 0 Å². The number of hydrogen-bond donors (Lipinski definition) is 0. The predicted octanol–water partition coefficient (Wildman–Crippen LogP) is 3.74. The Morgan fingerprint density at radius 2 is 1.62 bits per heavy atom. The standard InChI is InChI=1S/C11H12NO2.C7H7.2CH3.Sn/c13-9-10-1-3-11(4-2-10)12-5-7-14-8-6-12;1-7-5-3-2-4-6-7;;;/h1-4H,5-8H2;2-6H,1H2;2*1H3;. The number of nitrogens with zero attached hydrogens (tertiary/aromatic N) is 1. The van der Waals surface area contributed by atoms with E-state index in [2.05, 4.69) is 51.2 Å². The molecule has 4 heteroatoms. The van der Waals surface area contributed by atoms with E-state index in [1.807, 2.05) is 18.2 Å². The van der Waals surface area contributed by atoms with Crippen LogP contribution in [0.1, 0.15) is 15.9 Å². The molecule has 0 saturated carbocycles. The molecule has 0 spiro atoms. The summed E-state index contributed by atoms with van der Waals surface area (Å²) in [6.07, 6.45) is 0. The summed E-state index contributed by atoms with van der Waals surface area (Å²) >= 11 is -2.84. The molecule has 2 aromatic rings. The van der Waals surface area contributed by atoms with Crippen LogP contribution in [0.15, 0.2) is 54.6 Å². The van der Waals surface area contributed by atoms with Crippen LogP contribution in [0, 0.1) is 0 Å². The van der Waals surface area contributed by atoms with Crippen LogP contribution in [-0.4, -0.2) is 48.5 Å². The van der Waals surface area contributed by atoms with Crippen LogP contribution in [-0.2, 0) is 9.17 Å². The Hall–Kier alpha value is -1.33. The summed E-state index contributed by atoms with van der Waals surface area (Å²) in [7, 11) is 0. The van der Waals surface area contributed by atoms with Gasteiger partial charge in [0.05, 0.1) is 0 Å². The number of hydrogen-bond acceptors (Lipinski definition) is 3. The van der Waals surface area contributed by atoms with Gasteiger partial charge in [0.2, 0.25) is 0 Å². The summed E-state index contributed by atoms with van der Waals surface area (Å²) in [5, 5.41) is 0. The number of carbonyl (C=O) groups excluding carboxylic acids is 1. The SMILES string of the molecule is [CH3][Sn]([CH3])([CH2]c1ccccc1)[C](=O)c1ccc(N2CCOCC2)cc1. The van der Waals surface area contributed by atoms with Crippen LogP contribution in [0.4, 0.5) is 5.69 Å². The zero-order valence-corrected chi connectivity index (χ0v) is 17.3. The average molecular weight is 430 g/mol. The Morgan fingerprint density at radius 3 is 2.25 bits per heavy atom. The number of rotatable bonds is 5. The zero-order chi connectivity index (χ0) is 17.0. The molecule has 0 aromatic heterocycles. The van der Waals surface area contributed by atoms with Gasteiger partial charge in [-0.3, -0.25) is 0 Å². The number of benzene rings is 2. The monoisotopic (exact) mass is 431 g/mol. The van der Waals surface area contributed by atoms with E-state index in [4.69, 9.17) is 4.74 Å². The maximum absolute atomic E-state index is 13.0. The van der Waals surface area contributed by atoms with Crippen molar-refractivity contribution in [2.24, 2.45) is 0 Å². The van der Waals surface area contributed by atoms with Gasteiger partial charge in [-0.2, -0.15) is 0 Å². The first-order valence-electron chi connectivity index (χ1n) is 8.58. The van der Waals surface area contributed by atoms with E-state index < -0.39 is 18.4 Å². The fourth-order valence-corrected chi connectivity index (χ4v) is 9.97. The molecule has 0 atom stereocenters. The van der Waals surface area contributed by atoms with Crippen molar-refractivity contribution < 1.29 is 9.53 Å². The summed E-state index contributed by atoms with van der Waals surface area (Å²) in [5.74, 6) is 0. The number of anilines is 1. The van der Waals surface area contributed by atoms with Gasteiger partial charge >= 0.3 is 149 Å². The fraction of sp³-hybridized carbons (Fsp3) is 0.350. The van der Waals surface area contributed by atoms with E-state index in [0.717, 1.165) is 36.3 Å². The third-order valence-corrected chi connectivity index (χ3v) is 12.6. The van der Waals surface area contributed by atoms with Crippen molar-refractivity contribution in [3.63, 3.8) is 0 Å². The van der Waals surface area contributed by atoms with Crippen molar-refractivity contribution in [2.45, 2.75) is 14.3 Å². The summed E-state index contributed by atoms with van der Waals surface area (Å²) in [6.45, 7) is 3.40. The van der Waals surface area contributed by atoms with Crippen LogP contribution in [0.3, 0.4) is 0 Å². The van der Waals surface area contributed by atoms with Gasteiger partial charge in [0, 0.05) is 0 Å². The normalized spacial score (nSPS) is 15.3. The second kappa shape index (κ2) is 7.70. The Morgan fingerprint density at radius 1 is 1.00 bits per heavy atom. The first kappa shape index (κ1) is 17.5. The molecule has 0 bridgehead atoms. The number of carbonyl (C=O) groups is 1. The summed E-state index contributed by atoms with van der Waals surface area (Å²) in [5.41, 5.74) is 3.35. The van der Waals surface area contributed by atoms with Crippen molar-refractivity contribution in [3.05, 3.63) is 65.7 Å². The molecule has 3 rings (SSSR count). The van der Waals surface area contributed by atoms with Crippen LogP contribution in [0.5, 0.6) is 0 Å². The Bertz CT molecular complexity index is 677. The third kappa shape index (κ3) is 4.19. The first-order valence-corrected chi connectivity index (χ1v) is 17.7. The van der Waals surface area contributed by atoms with Gasteiger partial charge in [0.25, 0.3) is 0 Å². The molecule has 1 aliphatic heterocycles. The molecule has 2 aromatic carbocycles. The van der Waals surface area contributed by atoms with Gasteiger partial charge in [0.1, 0.15) is 0 Å². The van der Waals surface area contributed by atoms with Crippen molar-refractivity contribution in [2.75, 3.05) is 31.2 Å². The molecule has 24 heavy (non-hydrogen) atoms. The van der Waals surface area contributed by atoms with Crippen LogP contribution in [0.2, 0.25) is 9.88 Å². The molecule has 0 N–H and O–H groups in total. The fourth-order valence-electron chi connectivity index (χ4n) is 3.22. The Balaban J connectivity index is 1.71. The molecule has 0 unspecified atom stereocenters. The molecule has 0 radical (unpaired) electrons. The number of ether oxygens (including phenoxy) is 1. The minimum absolute atomic E-state index is 0.404. The van der Waals surface area contributed by atoms with Crippen molar-refractivity contribution in [1.82, 2.24) is 0 Å².